The number of hydrogen-bond acceptors (Lipinski definition) is 2. The van der Waals surface area contributed by atoms with Crippen LogP contribution < -0.4 is 5.32 Å². The number of aliphatic carboxylic acids is 1. The summed E-state index contributed by atoms with van der Waals surface area (Å²) in [7, 11) is 1.69. The van der Waals surface area contributed by atoms with E-state index in [1.54, 1.807) is 7.05 Å². The summed E-state index contributed by atoms with van der Waals surface area (Å²) in [5.41, 5.74) is 8.75. The minimum atomic E-state index is -0.813. The van der Waals surface area contributed by atoms with E-state index in [4.69, 9.17) is 0 Å². The van der Waals surface area contributed by atoms with Gasteiger partial charge in [-0.15, -0.1) is 0 Å². The first-order valence-corrected chi connectivity index (χ1v) is 8.36. The maximum absolute atomic E-state index is 11.2. The molecular weight excluding hydrogens is 298 g/mol. The Bertz CT molecular complexity index is 706. The van der Waals surface area contributed by atoms with Gasteiger partial charge in [-0.2, -0.15) is 0 Å². The van der Waals surface area contributed by atoms with Gasteiger partial charge < -0.3 is 10.4 Å². The van der Waals surface area contributed by atoms with Gasteiger partial charge in [-0.3, -0.25) is 4.79 Å². The van der Waals surface area contributed by atoms with Gasteiger partial charge in [0, 0.05) is 0 Å². The summed E-state index contributed by atoms with van der Waals surface area (Å²) in [5.74, 6) is -0.813. The summed E-state index contributed by atoms with van der Waals surface area (Å²) in [5, 5.41) is 12.1. The van der Waals surface area contributed by atoms with Gasteiger partial charge in [0.25, 0.3) is 0 Å². The zero-order valence-electron chi connectivity index (χ0n) is 15.2. The lowest BCUT2D eigenvalue weighted by atomic mass is 9.91. The molecular formula is C21H27NO2. The molecule has 3 heteroatoms. The van der Waals surface area contributed by atoms with Crippen molar-refractivity contribution >= 4 is 5.97 Å². The molecule has 2 aromatic rings. The Hall–Kier alpha value is -2.13. The van der Waals surface area contributed by atoms with Crippen molar-refractivity contribution in [1.29, 1.82) is 0 Å². The standard InChI is InChI=1S/C21H27NO2/c1-13-6-14(2)8-17(7-13)11-19-15(3)9-18(10-16(19)4)12-20(22-5)21(23)24/h6-10,20,22H,11-12H2,1-5H3,(H,23,24). The third-order valence-electron chi connectivity index (χ3n) is 4.50. The number of carboxylic acids is 1. The van der Waals surface area contributed by atoms with Crippen LogP contribution in [0.25, 0.3) is 0 Å². The van der Waals surface area contributed by atoms with Crippen molar-refractivity contribution in [3.8, 4) is 0 Å². The number of rotatable bonds is 6. The molecule has 0 heterocycles. The van der Waals surface area contributed by atoms with Gasteiger partial charge in [-0.1, -0.05) is 41.5 Å². The zero-order chi connectivity index (χ0) is 17.9. The highest BCUT2D eigenvalue weighted by Crippen LogP contribution is 2.22. The largest absolute Gasteiger partial charge is 0.480 e. The van der Waals surface area contributed by atoms with Gasteiger partial charge in [-0.25, -0.2) is 0 Å². The summed E-state index contributed by atoms with van der Waals surface area (Å²) < 4.78 is 0. The Morgan fingerprint density at radius 1 is 0.958 bits per heavy atom. The Kier molecular flexibility index (Phi) is 5.79. The van der Waals surface area contributed by atoms with Gasteiger partial charge in [-0.05, 0) is 75.4 Å². The van der Waals surface area contributed by atoms with Gasteiger partial charge in [0.1, 0.15) is 6.04 Å². The zero-order valence-corrected chi connectivity index (χ0v) is 15.2. The molecule has 2 rings (SSSR count). The summed E-state index contributed by atoms with van der Waals surface area (Å²) in [6.45, 7) is 8.49. The van der Waals surface area contributed by atoms with E-state index in [1.807, 2.05) is 0 Å². The van der Waals surface area contributed by atoms with E-state index in [-0.39, 0.29) is 0 Å². The Morgan fingerprint density at radius 3 is 1.96 bits per heavy atom. The van der Waals surface area contributed by atoms with Crippen molar-refractivity contribution in [1.82, 2.24) is 5.32 Å². The first-order valence-electron chi connectivity index (χ1n) is 8.36. The molecule has 0 saturated heterocycles. The smallest absolute Gasteiger partial charge is 0.321 e. The van der Waals surface area contributed by atoms with Crippen LogP contribution >= 0.6 is 0 Å². The van der Waals surface area contributed by atoms with Crippen molar-refractivity contribution < 1.29 is 9.90 Å². The van der Waals surface area contributed by atoms with Crippen molar-refractivity contribution in [3.05, 3.63) is 69.3 Å². The van der Waals surface area contributed by atoms with Gasteiger partial charge in [0.05, 0.1) is 0 Å². The van der Waals surface area contributed by atoms with E-state index in [0.717, 1.165) is 12.0 Å². The van der Waals surface area contributed by atoms with Crippen molar-refractivity contribution in [2.24, 2.45) is 0 Å². The fourth-order valence-corrected chi connectivity index (χ4v) is 3.40. The molecule has 2 aromatic carbocycles. The summed E-state index contributed by atoms with van der Waals surface area (Å²) >= 11 is 0. The van der Waals surface area contributed by atoms with Crippen LogP contribution in [0.2, 0.25) is 0 Å². The predicted molar refractivity (Wildman–Crippen MR) is 98.8 cm³/mol. The molecule has 3 nitrogen and oxygen atoms in total. The first kappa shape index (κ1) is 18.2. The van der Waals surface area contributed by atoms with Crippen LogP contribution in [-0.4, -0.2) is 24.2 Å². The molecule has 0 aliphatic heterocycles. The highest BCUT2D eigenvalue weighted by atomic mass is 16.4. The second kappa shape index (κ2) is 7.63. The minimum Gasteiger partial charge on any atom is -0.480 e. The Morgan fingerprint density at radius 2 is 1.50 bits per heavy atom. The van der Waals surface area contributed by atoms with E-state index in [2.05, 4.69) is 63.3 Å². The minimum absolute atomic E-state index is 0.497. The molecule has 0 radical (unpaired) electrons. The molecule has 0 amide bonds. The predicted octanol–water partition coefficient (Wildman–Crippen LogP) is 3.73. The quantitative estimate of drug-likeness (QED) is 0.851. The fourth-order valence-electron chi connectivity index (χ4n) is 3.40. The van der Waals surface area contributed by atoms with Crippen LogP contribution in [0.5, 0.6) is 0 Å². The third-order valence-corrected chi connectivity index (χ3v) is 4.50. The van der Waals surface area contributed by atoms with E-state index in [1.165, 1.54) is 33.4 Å². The maximum atomic E-state index is 11.2. The lowest BCUT2D eigenvalue weighted by Gasteiger charge is -2.16. The summed E-state index contributed by atoms with van der Waals surface area (Å²) in [4.78, 5) is 11.2. The van der Waals surface area contributed by atoms with E-state index in [0.29, 0.717) is 6.42 Å². The molecule has 0 aromatic heterocycles. The van der Waals surface area contributed by atoms with Gasteiger partial charge in [0.2, 0.25) is 0 Å². The molecule has 0 spiro atoms. The van der Waals surface area contributed by atoms with Crippen LogP contribution in [0.15, 0.2) is 30.3 Å². The van der Waals surface area contributed by atoms with E-state index in [9.17, 15) is 9.90 Å². The number of benzene rings is 2. The van der Waals surface area contributed by atoms with Crippen LogP contribution in [0.4, 0.5) is 0 Å². The van der Waals surface area contributed by atoms with Crippen molar-refractivity contribution in [2.75, 3.05) is 7.05 Å². The number of nitrogens with one attached hydrogen (secondary N) is 1. The maximum Gasteiger partial charge on any atom is 0.321 e. The third kappa shape index (κ3) is 4.45. The second-order valence-electron chi connectivity index (χ2n) is 6.76. The molecule has 2 N–H and O–H groups in total. The van der Waals surface area contributed by atoms with E-state index >= 15 is 0 Å². The summed E-state index contributed by atoms with van der Waals surface area (Å²) in [6.07, 6.45) is 1.41. The van der Waals surface area contributed by atoms with Gasteiger partial charge >= 0.3 is 5.97 Å². The average Bonchev–Trinajstić information content (AvgIpc) is 2.47. The van der Waals surface area contributed by atoms with E-state index < -0.39 is 12.0 Å². The average molecular weight is 325 g/mol. The lowest BCUT2D eigenvalue weighted by molar-refractivity contribution is -0.139. The Balaban J connectivity index is 2.28. The fraction of sp³-hybridized carbons (Fsp3) is 0.381. The normalized spacial score (nSPS) is 12.2. The highest BCUT2D eigenvalue weighted by Gasteiger charge is 2.16. The topological polar surface area (TPSA) is 49.3 Å². The molecule has 0 aliphatic carbocycles. The van der Waals surface area contributed by atoms with Gasteiger partial charge in [0.15, 0.2) is 0 Å². The van der Waals surface area contributed by atoms with Crippen LogP contribution in [-0.2, 0) is 17.6 Å². The monoisotopic (exact) mass is 325 g/mol. The molecule has 0 fully saturated rings. The first-order chi connectivity index (χ1) is 11.3. The van der Waals surface area contributed by atoms with Crippen LogP contribution in [0, 0.1) is 27.7 Å². The highest BCUT2D eigenvalue weighted by molar-refractivity contribution is 5.73. The molecule has 0 bridgehead atoms. The SMILES string of the molecule is CNC(Cc1cc(C)c(Cc2cc(C)cc(C)c2)c(C)c1)C(=O)O. The van der Waals surface area contributed by atoms with Crippen LogP contribution in [0.3, 0.4) is 0 Å². The summed E-state index contributed by atoms with van der Waals surface area (Å²) in [6, 6.07) is 10.4. The molecule has 1 unspecified atom stereocenters. The Labute approximate surface area is 144 Å². The molecule has 0 aliphatic rings. The van der Waals surface area contributed by atoms with Crippen LogP contribution in [0.1, 0.15) is 38.9 Å². The number of carboxylic acid groups (broad SMARTS) is 1. The lowest BCUT2D eigenvalue weighted by Crippen LogP contribution is -2.35. The number of carbonyl (C=O) groups is 1. The molecule has 0 saturated carbocycles. The number of likely N-dealkylation sites (N-methyl/N-ethyl adjacent to an activating group) is 1. The number of hydrogen-bond donors (Lipinski definition) is 2. The molecule has 24 heavy (non-hydrogen) atoms. The second-order valence-corrected chi connectivity index (χ2v) is 6.76. The van der Waals surface area contributed by atoms with Crippen molar-refractivity contribution in [2.45, 2.75) is 46.6 Å². The molecule has 1 atom stereocenters. The number of aryl methyl sites for hydroxylation is 4. The molecule has 128 valence electrons. The van der Waals surface area contributed by atoms with Crippen molar-refractivity contribution in [3.63, 3.8) is 0 Å².